The van der Waals surface area contributed by atoms with Crippen molar-refractivity contribution in [2.45, 2.75) is 25.3 Å². The fourth-order valence-electron chi connectivity index (χ4n) is 1.14. The van der Waals surface area contributed by atoms with E-state index >= 15 is 0 Å². The normalized spacial score (nSPS) is 10.9. The van der Waals surface area contributed by atoms with Crippen molar-refractivity contribution in [3.63, 3.8) is 0 Å². The molecule has 0 aromatic carbocycles. The van der Waals surface area contributed by atoms with E-state index in [0.717, 1.165) is 0 Å². The van der Waals surface area contributed by atoms with Gasteiger partial charge in [0, 0.05) is 0 Å². The predicted molar refractivity (Wildman–Crippen MR) is 73.7 cm³/mol. The van der Waals surface area contributed by atoms with Crippen molar-refractivity contribution in [1.29, 1.82) is 0 Å². The van der Waals surface area contributed by atoms with Crippen molar-refractivity contribution in [3.05, 3.63) is 38.0 Å². The second-order valence-electron chi connectivity index (χ2n) is 3.68. The zero-order chi connectivity index (χ0) is 14.5. The number of carbonyl (C=O) groups excluding carboxylic acids is 2. The Labute approximate surface area is 114 Å². The van der Waals surface area contributed by atoms with E-state index < -0.39 is 18.1 Å². The molecule has 1 N–H and O–H groups in total. The monoisotopic (exact) mass is 267 g/mol. The Kier molecular flexibility index (Phi) is 9.88. The zero-order valence-corrected chi connectivity index (χ0v) is 11.1. The summed E-state index contributed by atoms with van der Waals surface area (Å²) < 4.78 is 9.83. The maximum absolute atomic E-state index is 11.7. The third kappa shape index (κ3) is 8.65. The van der Waals surface area contributed by atoms with Crippen LogP contribution in [0.3, 0.4) is 0 Å². The van der Waals surface area contributed by atoms with Gasteiger partial charge in [0.25, 0.3) is 0 Å². The Morgan fingerprint density at radius 1 is 1.00 bits per heavy atom. The van der Waals surface area contributed by atoms with Crippen LogP contribution in [0, 0.1) is 0 Å². The lowest BCUT2D eigenvalue weighted by molar-refractivity contribution is -0.145. The molecule has 0 saturated heterocycles. The summed E-state index contributed by atoms with van der Waals surface area (Å²) >= 11 is 0. The summed E-state index contributed by atoms with van der Waals surface area (Å²) in [6.45, 7) is 11.0. The maximum Gasteiger partial charge on any atom is 0.407 e. The minimum atomic E-state index is -0.779. The van der Waals surface area contributed by atoms with E-state index in [1.165, 1.54) is 6.08 Å². The molecule has 0 aromatic heterocycles. The van der Waals surface area contributed by atoms with E-state index in [9.17, 15) is 9.59 Å². The molecule has 1 amide bonds. The van der Waals surface area contributed by atoms with Gasteiger partial charge < -0.3 is 14.8 Å². The molecular weight excluding hydrogens is 246 g/mol. The van der Waals surface area contributed by atoms with Crippen LogP contribution in [0.15, 0.2) is 38.0 Å². The Hall–Kier alpha value is -2.04. The molecule has 0 fully saturated rings. The highest BCUT2D eigenvalue weighted by Crippen LogP contribution is 1.99. The first-order valence-corrected chi connectivity index (χ1v) is 6.08. The molecule has 0 aliphatic carbocycles. The summed E-state index contributed by atoms with van der Waals surface area (Å²) in [5.74, 6) is -0.512. The van der Waals surface area contributed by atoms with Crippen LogP contribution >= 0.6 is 0 Å². The highest BCUT2D eigenvalue weighted by Gasteiger charge is 2.21. The zero-order valence-electron chi connectivity index (χ0n) is 11.1. The van der Waals surface area contributed by atoms with Gasteiger partial charge in [-0.15, -0.1) is 19.7 Å². The molecule has 0 saturated carbocycles. The standard InChI is InChI=1S/C14H21NO4/c1-4-7-10-18-13(16)12(9-6-3)15-14(17)19-11-8-5-2/h4-6,12H,1-3,7-11H2,(H,15,17). The second-order valence-corrected chi connectivity index (χ2v) is 3.68. The molecular formula is C14H21NO4. The van der Waals surface area contributed by atoms with E-state index in [2.05, 4.69) is 25.1 Å². The lowest BCUT2D eigenvalue weighted by Gasteiger charge is -2.15. The molecule has 0 aliphatic heterocycles. The average molecular weight is 267 g/mol. The molecule has 106 valence electrons. The number of rotatable bonds is 10. The third-order valence-electron chi connectivity index (χ3n) is 2.10. The van der Waals surface area contributed by atoms with Crippen molar-refractivity contribution in [2.75, 3.05) is 13.2 Å². The van der Waals surface area contributed by atoms with Gasteiger partial charge in [-0.3, -0.25) is 0 Å². The summed E-state index contributed by atoms with van der Waals surface area (Å²) in [5.41, 5.74) is 0. The molecule has 0 spiro atoms. The van der Waals surface area contributed by atoms with E-state index in [0.29, 0.717) is 12.8 Å². The lowest BCUT2D eigenvalue weighted by atomic mass is 10.2. The molecule has 0 aromatic rings. The lowest BCUT2D eigenvalue weighted by Crippen LogP contribution is -2.42. The summed E-state index contributed by atoms with van der Waals surface area (Å²) in [6, 6.07) is -0.779. The van der Waals surface area contributed by atoms with Gasteiger partial charge in [0.15, 0.2) is 0 Å². The Balaban J connectivity index is 4.18. The van der Waals surface area contributed by atoms with E-state index in [1.54, 1.807) is 12.2 Å². The van der Waals surface area contributed by atoms with Crippen LogP contribution in [0.5, 0.6) is 0 Å². The fourth-order valence-corrected chi connectivity index (χ4v) is 1.14. The van der Waals surface area contributed by atoms with Crippen LogP contribution in [0.1, 0.15) is 19.3 Å². The molecule has 0 radical (unpaired) electrons. The van der Waals surface area contributed by atoms with E-state index in [1.807, 2.05) is 0 Å². The SMILES string of the molecule is C=CCCOC(=O)NC(CC=C)C(=O)OCCC=C. The van der Waals surface area contributed by atoms with Gasteiger partial charge >= 0.3 is 12.1 Å². The van der Waals surface area contributed by atoms with Gasteiger partial charge in [-0.1, -0.05) is 18.2 Å². The molecule has 0 heterocycles. The van der Waals surface area contributed by atoms with Crippen molar-refractivity contribution >= 4 is 12.1 Å². The van der Waals surface area contributed by atoms with Crippen LogP contribution in [-0.4, -0.2) is 31.3 Å². The summed E-state index contributed by atoms with van der Waals surface area (Å²) in [7, 11) is 0. The largest absolute Gasteiger partial charge is 0.464 e. The van der Waals surface area contributed by atoms with Gasteiger partial charge in [0.1, 0.15) is 6.04 Å². The first kappa shape index (κ1) is 17.0. The third-order valence-corrected chi connectivity index (χ3v) is 2.10. The van der Waals surface area contributed by atoms with Gasteiger partial charge in [-0.05, 0) is 19.3 Å². The molecule has 1 unspecified atom stereocenters. The molecule has 0 bridgehead atoms. The van der Waals surface area contributed by atoms with Crippen LogP contribution in [-0.2, 0) is 14.3 Å². The fraction of sp³-hybridized carbons (Fsp3) is 0.429. The van der Waals surface area contributed by atoms with Crippen molar-refractivity contribution in [3.8, 4) is 0 Å². The van der Waals surface area contributed by atoms with Gasteiger partial charge in [-0.2, -0.15) is 0 Å². The number of hydrogen-bond acceptors (Lipinski definition) is 4. The average Bonchev–Trinajstić information content (AvgIpc) is 2.38. The van der Waals surface area contributed by atoms with Crippen LogP contribution in [0.2, 0.25) is 0 Å². The molecule has 1 atom stereocenters. The molecule has 5 nitrogen and oxygen atoms in total. The predicted octanol–water partition coefficient (Wildman–Crippen LogP) is 2.35. The number of ether oxygens (including phenoxy) is 2. The molecule has 0 aliphatic rings. The van der Waals surface area contributed by atoms with E-state index in [-0.39, 0.29) is 19.6 Å². The first-order valence-electron chi connectivity index (χ1n) is 6.08. The van der Waals surface area contributed by atoms with Crippen molar-refractivity contribution < 1.29 is 19.1 Å². The molecule has 19 heavy (non-hydrogen) atoms. The van der Waals surface area contributed by atoms with Gasteiger partial charge in [-0.25, -0.2) is 9.59 Å². The highest BCUT2D eigenvalue weighted by molar-refractivity contribution is 5.81. The number of alkyl carbamates (subject to hydrolysis) is 1. The van der Waals surface area contributed by atoms with Crippen LogP contribution in [0.25, 0.3) is 0 Å². The Morgan fingerprint density at radius 2 is 1.58 bits per heavy atom. The van der Waals surface area contributed by atoms with Gasteiger partial charge in [0.2, 0.25) is 0 Å². The number of carbonyl (C=O) groups is 2. The molecule has 0 rings (SSSR count). The van der Waals surface area contributed by atoms with Crippen molar-refractivity contribution in [1.82, 2.24) is 5.32 Å². The number of amides is 1. The van der Waals surface area contributed by atoms with Crippen molar-refractivity contribution in [2.24, 2.45) is 0 Å². The minimum Gasteiger partial charge on any atom is -0.464 e. The van der Waals surface area contributed by atoms with Gasteiger partial charge in [0.05, 0.1) is 13.2 Å². The van der Waals surface area contributed by atoms with Crippen LogP contribution in [0.4, 0.5) is 4.79 Å². The minimum absolute atomic E-state index is 0.224. The Bertz CT molecular complexity index is 325. The highest BCUT2D eigenvalue weighted by atomic mass is 16.6. The number of nitrogens with one attached hydrogen (secondary N) is 1. The number of hydrogen-bond donors (Lipinski definition) is 1. The maximum atomic E-state index is 11.7. The Morgan fingerprint density at radius 3 is 2.11 bits per heavy atom. The first-order chi connectivity index (χ1) is 9.15. The smallest absolute Gasteiger partial charge is 0.407 e. The number of esters is 1. The summed E-state index contributed by atoms with van der Waals surface area (Å²) in [6.07, 6.45) is 5.56. The second kappa shape index (κ2) is 11.1. The topological polar surface area (TPSA) is 64.6 Å². The van der Waals surface area contributed by atoms with Crippen LogP contribution < -0.4 is 5.32 Å². The molecule has 5 heteroatoms. The van der Waals surface area contributed by atoms with E-state index in [4.69, 9.17) is 9.47 Å². The summed E-state index contributed by atoms with van der Waals surface area (Å²) in [5, 5.41) is 2.44. The summed E-state index contributed by atoms with van der Waals surface area (Å²) in [4.78, 5) is 23.1. The quantitative estimate of drug-likeness (QED) is 0.375.